The van der Waals surface area contributed by atoms with Crippen molar-refractivity contribution < 1.29 is 18.3 Å². The van der Waals surface area contributed by atoms with Crippen molar-refractivity contribution in [3.63, 3.8) is 0 Å². The predicted octanol–water partition coefficient (Wildman–Crippen LogP) is 3.12. The molecule has 0 aliphatic rings. The van der Waals surface area contributed by atoms with Crippen molar-refractivity contribution in [2.45, 2.75) is 39.0 Å². The SMILES string of the molecule is CCCCc1nn(-c2ccc(C(F)(F)F)cn2)cc1CO. The molecule has 0 saturated heterocycles. The Morgan fingerprint density at radius 3 is 2.57 bits per heavy atom. The van der Waals surface area contributed by atoms with Crippen LogP contribution in [0, 0.1) is 0 Å². The molecule has 114 valence electrons. The molecule has 0 atom stereocenters. The predicted molar refractivity (Wildman–Crippen MR) is 70.9 cm³/mol. The van der Waals surface area contributed by atoms with Crippen molar-refractivity contribution in [3.05, 3.63) is 41.3 Å². The van der Waals surface area contributed by atoms with Crippen LogP contribution >= 0.6 is 0 Å². The molecule has 0 unspecified atom stereocenters. The minimum atomic E-state index is -4.40. The number of pyridine rings is 1. The van der Waals surface area contributed by atoms with Crippen molar-refractivity contribution in [1.82, 2.24) is 14.8 Å². The highest BCUT2D eigenvalue weighted by atomic mass is 19.4. The van der Waals surface area contributed by atoms with E-state index in [2.05, 4.69) is 10.1 Å². The number of nitrogens with zero attached hydrogens (tertiary/aromatic N) is 3. The molecular weight excluding hydrogens is 283 g/mol. The largest absolute Gasteiger partial charge is 0.417 e. The van der Waals surface area contributed by atoms with Crippen LogP contribution < -0.4 is 0 Å². The number of halogens is 3. The molecule has 2 aromatic rings. The van der Waals surface area contributed by atoms with Gasteiger partial charge < -0.3 is 5.11 Å². The molecule has 2 rings (SSSR count). The summed E-state index contributed by atoms with van der Waals surface area (Å²) >= 11 is 0. The van der Waals surface area contributed by atoms with E-state index in [0.29, 0.717) is 11.4 Å². The average Bonchev–Trinajstić information content (AvgIpc) is 2.87. The molecule has 0 bridgehead atoms. The Morgan fingerprint density at radius 2 is 2.05 bits per heavy atom. The van der Waals surface area contributed by atoms with Gasteiger partial charge in [-0.15, -0.1) is 0 Å². The van der Waals surface area contributed by atoms with Gasteiger partial charge in [0, 0.05) is 18.0 Å². The number of alkyl halides is 3. The lowest BCUT2D eigenvalue weighted by atomic mass is 10.1. The van der Waals surface area contributed by atoms with Crippen LogP contribution in [0.5, 0.6) is 0 Å². The van der Waals surface area contributed by atoms with Crippen molar-refractivity contribution in [2.75, 3.05) is 0 Å². The van der Waals surface area contributed by atoms with Crippen LogP contribution in [0.4, 0.5) is 13.2 Å². The summed E-state index contributed by atoms with van der Waals surface area (Å²) in [4.78, 5) is 3.78. The molecule has 0 aliphatic heterocycles. The number of hydrogen-bond donors (Lipinski definition) is 1. The molecule has 4 nitrogen and oxygen atoms in total. The first-order valence-corrected chi connectivity index (χ1v) is 6.67. The summed E-state index contributed by atoms with van der Waals surface area (Å²) in [6.07, 6.45) is 0.626. The van der Waals surface area contributed by atoms with Gasteiger partial charge in [0.05, 0.1) is 17.9 Å². The van der Waals surface area contributed by atoms with Crippen LogP contribution in [0.15, 0.2) is 24.5 Å². The van der Waals surface area contributed by atoms with E-state index in [1.165, 1.54) is 10.7 Å². The number of aryl methyl sites for hydroxylation is 1. The zero-order chi connectivity index (χ0) is 15.5. The first kappa shape index (κ1) is 15.5. The van der Waals surface area contributed by atoms with Gasteiger partial charge in [-0.1, -0.05) is 13.3 Å². The van der Waals surface area contributed by atoms with Crippen molar-refractivity contribution in [3.8, 4) is 5.82 Å². The van der Waals surface area contributed by atoms with E-state index in [0.717, 1.165) is 37.2 Å². The fourth-order valence-corrected chi connectivity index (χ4v) is 1.94. The maximum absolute atomic E-state index is 12.5. The maximum atomic E-state index is 12.5. The van der Waals surface area contributed by atoms with Crippen LogP contribution in [-0.2, 0) is 19.2 Å². The second kappa shape index (κ2) is 6.26. The summed E-state index contributed by atoms with van der Waals surface area (Å²) in [5, 5.41) is 13.6. The maximum Gasteiger partial charge on any atom is 0.417 e. The molecule has 2 aromatic heterocycles. The standard InChI is InChI=1S/C14H16F3N3O/c1-2-3-4-12-10(9-21)8-20(19-12)13-6-5-11(7-18-13)14(15,16)17/h5-8,21H,2-4,9H2,1H3. The van der Waals surface area contributed by atoms with Gasteiger partial charge in [-0.25, -0.2) is 9.67 Å². The lowest BCUT2D eigenvalue weighted by Gasteiger charge is -2.06. The molecular formula is C14H16F3N3O. The third-order valence-electron chi connectivity index (χ3n) is 3.12. The van der Waals surface area contributed by atoms with Gasteiger partial charge in [0.2, 0.25) is 0 Å². The zero-order valence-corrected chi connectivity index (χ0v) is 11.6. The molecule has 0 saturated carbocycles. The molecule has 2 heterocycles. The van der Waals surface area contributed by atoms with E-state index < -0.39 is 11.7 Å². The van der Waals surface area contributed by atoms with Crippen LogP contribution in [0.1, 0.15) is 36.6 Å². The van der Waals surface area contributed by atoms with Gasteiger partial charge in [-0.3, -0.25) is 0 Å². The van der Waals surface area contributed by atoms with E-state index in [-0.39, 0.29) is 6.61 Å². The topological polar surface area (TPSA) is 50.9 Å². The number of aliphatic hydroxyl groups excluding tert-OH is 1. The molecule has 0 radical (unpaired) electrons. The van der Waals surface area contributed by atoms with Gasteiger partial charge in [-0.2, -0.15) is 18.3 Å². The Morgan fingerprint density at radius 1 is 1.29 bits per heavy atom. The molecule has 0 aliphatic carbocycles. The lowest BCUT2D eigenvalue weighted by Crippen LogP contribution is -2.07. The van der Waals surface area contributed by atoms with Crippen LogP contribution in [0.25, 0.3) is 5.82 Å². The van der Waals surface area contributed by atoms with Crippen molar-refractivity contribution >= 4 is 0 Å². The minimum Gasteiger partial charge on any atom is -0.392 e. The highest BCUT2D eigenvalue weighted by Gasteiger charge is 2.30. The Balaban J connectivity index is 2.27. The number of aliphatic hydroxyl groups is 1. The van der Waals surface area contributed by atoms with Crippen molar-refractivity contribution in [1.29, 1.82) is 0 Å². The third kappa shape index (κ3) is 3.60. The third-order valence-corrected chi connectivity index (χ3v) is 3.12. The molecule has 0 spiro atoms. The highest BCUT2D eigenvalue weighted by Crippen LogP contribution is 2.28. The molecule has 0 aromatic carbocycles. The Hall–Kier alpha value is -1.89. The summed E-state index contributed by atoms with van der Waals surface area (Å²) in [7, 11) is 0. The van der Waals surface area contributed by atoms with E-state index in [4.69, 9.17) is 0 Å². The second-order valence-corrected chi connectivity index (χ2v) is 4.71. The molecule has 7 heteroatoms. The van der Waals surface area contributed by atoms with Crippen LogP contribution in [-0.4, -0.2) is 19.9 Å². The average molecular weight is 299 g/mol. The van der Waals surface area contributed by atoms with Crippen molar-refractivity contribution in [2.24, 2.45) is 0 Å². The second-order valence-electron chi connectivity index (χ2n) is 4.71. The van der Waals surface area contributed by atoms with E-state index in [1.54, 1.807) is 6.20 Å². The first-order chi connectivity index (χ1) is 9.95. The molecule has 1 N–H and O–H groups in total. The fraction of sp³-hybridized carbons (Fsp3) is 0.429. The molecule has 21 heavy (non-hydrogen) atoms. The van der Waals surface area contributed by atoms with E-state index in [9.17, 15) is 18.3 Å². The fourth-order valence-electron chi connectivity index (χ4n) is 1.94. The van der Waals surface area contributed by atoms with E-state index >= 15 is 0 Å². The summed E-state index contributed by atoms with van der Waals surface area (Å²) < 4.78 is 38.9. The van der Waals surface area contributed by atoms with Gasteiger partial charge in [0.25, 0.3) is 0 Å². The summed E-state index contributed by atoms with van der Waals surface area (Å²) in [6, 6.07) is 2.23. The normalized spacial score (nSPS) is 11.9. The van der Waals surface area contributed by atoms with Crippen LogP contribution in [0.2, 0.25) is 0 Å². The molecule has 0 fully saturated rings. The van der Waals surface area contributed by atoms with Gasteiger partial charge in [0.1, 0.15) is 0 Å². The Labute approximate surface area is 120 Å². The highest BCUT2D eigenvalue weighted by molar-refractivity contribution is 5.29. The van der Waals surface area contributed by atoms with Gasteiger partial charge >= 0.3 is 6.18 Å². The first-order valence-electron chi connectivity index (χ1n) is 6.67. The van der Waals surface area contributed by atoms with E-state index in [1.807, 2.05) is 6.92 Å². The number of unbranched alkanes of at least 4 members (excludes halogenated alkanes) is 1. The quantitative estimate of drug-likeness (QED) is 0.923. The summed E-state index contributed by atoms with van der Waals surface area (Å²) in [5.41, 5.74) is 0.623. The number of hydrogen-bond acceptors (Lipinski definition) is 3. The number of rotatable bonds is 5. The van der Waals surface area contributed by atoms with Gasteiger partial charge in [0.15, 0.2) is 5.82 Å². The summed E-state index contributed by atoms with van der Waals surface area (Å²) in [6.45, 7) is 1.90. The van der Waals surface area contributed by atoms with Gasteiger partial charge in [-0.05, 0) is 25.0 Å². The minimum absolute atomic E-state index is 0.153. The monoisotopic (exact) mass is 299 g/mol. The Bertz CT molecular complexity index is 591. The zero-order valence-electron chi connectivity index (χ0n) is 11.6. The molecule has 0 amide bonds. The smallest absolute Gasteiger partial charge is 0.392 e. The van der Waals surface area contributed by atoms with Crippen LogP contribution in [0.3, 0.4) is 0 Å². The lowest BCUT2D eigenvalue weighted by molar-refractivity contribution is -0.137. The summed E-state index contributed by atoms with van der Waals surface area (Å²) in [5.74, 6) is 0.292. The Kier molecular flexibility index (Phi) is 4.62. The number of aromatic nitrogens is 3.